The molecule has 4 rings (SSSR count). The third-order valence-corrected chi connectivity index (χ3v) is 6.33. The summed E-state index contributed by atoms with van der Waals surface area (Å²) in [6, 6.07) is 8.56. The van der Waals surface area contributed by atoms with Crippen LogP contribution in [0.25, 0.3) is 0 Å². The summed E-state index contributed by atoms with van der Waals surface area (Å²) in [7, 11) is 0. The Labute approximate surface area is 181 Å². The Bertz CT molecular complexity index is 973. The Morgan fingerprint density at radius 1 is 1.07 bits per heavy atom. The fraction of sp³-hybridized carbons (Fsp3) is 0.381. The molecule has 1 saturated heterocycles. The topological polar surface area (TPSA) is 41.6 Å². The molecule has 2 aromatic rings. The third-order valence-electron chi connectivity index (χ3n) is 5.70. The van der Waals surface area contributed by atoms with E-state index in [9.17, 15) is 18.0 Å². The van der Waals surface area contributed by atoms with E-state index in [0.29, 0.717) is 36.7 Å². The maximum Gasteiger partial charge on any atom is 0.417 e. The van der Waals surface area contributed by atoms with E-state index in [1.165, 1.54) is 6.07 Å². The van der Waals surface area contributed by atoms with Crippen molar-refractivity contribution in [2.45, 2.75) is 37.5 Å². The van der Waals surface area contributed by atoms with Gasteiger partial charge in [0.1, 0.15) is 11.4 Å². The number of ether oxygens (including phenoxy) is 1. The minimum atomic E-state index is -4.59. The lowest BCUT2D eigenvalue weighted by molar-refractivity contribution is -0.137. The number of alkyl halides is 3. The molecule has 0 saturated carbocycles. The summed E-state index contributed by atoms with van der Waals surface area (Å²) in [6.07, 6.45) is -1.65. The average Bonchev–Trinajstić information content (AvgIpc) is 2.70. The van der Waals surface area contributed by atoms with Crippen LogP contribution in [0.15, 0.2) is 36.4 Å². The zero-order valence-electron chi connectivity index (χ0n) is 15.9. The lowest BCUT2D eigenvalue weighted by Crippen LogP contribution is -2.52. The smallest absolute Gasteiger partial charge is 0.417 e. The highest BCUT2D eigenvalue weighted by Gasteiger charge is 2.41. The fourth-order valence-corrected chi connectivity index (χ4v) is 4.44. The molecular formula is C21H19Cl2F3N2O2. The van der Waals surface area contributed by atoms with Crippen molar-refractivity contribution < 1.29 is 22.7 Å². The van der Waals surface area contributed by atoms with Gasteiger partial charge in [0.2, 0.25) is 0 Å². The molecule has 0 aliphatic carbocycles. The van der Waals surface area contributed by atoms with Crippen LogP contribution >= 0.6 is 23.2 Å². The number of amides is 2. The van der Waals surface area contributed by atoms with Gasteiger partial charge in [0.25, 0.3) is 0 Å². The number of rotatable bonds is 1. The van der Waals surface area contributed by atoms with Crippen LogP contribution in [0.3, 0.4) is 0 Å². The molecule has 1 spiro atoms. The first-order valence-electron chi connectivity index (χ1n) is 9.56. The molecule has 2 aliphatic heterocycles. The van der Waals surface area contributed by atoms with Gasteiger partial charge in [-0.15, -0.1) is 0 Å². The van der Waals surface area contributed by atoms with E-state index in [-0.39, 0.29) is 11.3 Å². The van der Waals surface area contributed by atoms with Crippen molar-refractivity contribution >= 4 is 34.9 Å². The molecule has 1 N–H and O–H groups in total. The lowest BCUT2D eigenvalue weighted by atomic mass is 9.83. The summed E-state index contributed by atoms with van der Waals surface area (Å²) in [5, 5.41) is 2.70. The Morgan fingerprint density at radius 3 is 2.50 bits per heavy atom. The number of nitrogens with zero attached hydrogens (tertiary/aromatic N) is 1. The highest BCUT2D eigenvalue weighted by molar-refractivity contribution is 6.32. The maximum atomic E-state index is 13.0. The van der Waals surface area contributed by atoms with Crippen LogP contribution < -0.4 is 10.1 Å². The predicted molar refractivity (Wildman–Crippen MR) is 109 cm³/mol. The van der Waals surface area contributed by atoms with Crippen molar-refractivity contribution in [2.75, 3.05) is 18.4 Å². The van der Waals surface area contributed by atoms with Crippen molar-refractivity contribution in [3.63, 3.8) is 0 Å². The van der Waals surface area contributed by atoms with Crippen LogP contribution in [0, 0.1) is 0 Å². The van der Waals surface area contributed by atoms with Crippen LogP contribution in [-0.4, -0.2) is 29.6 Å². The third kappa shape index (κ3) is 4.18. The molecule has 30 heavy (non-hydrogen) atoms. The van der Waals surface area contributed by atoms with Crippen molar-refractivity contribution in [3.05, 3.63) is 57.6 Å². The molecule has 1 fully saturated rings. The summed E-state index contributed by atoms with van der Waals surface area (Å²) in [5.41, 5.74) is -0.229. The van der Waals surface area contributed by atoms with Gasteiger partial charge >= 0.3 is 12.2 Å². The van der Waals surface area contributed by atoms with Gasteiger partial charge in [-0.3, -0.25) is 0 Å². The fourth-order valence-electron chi connectivity index (χ4n) is 3.99. The van der Waals surface area contributed by atoms with Crippen molar-refractivity contribution in [2.24, 2.45) is 0 Å². The molecule has 2 aliphatic rings. The van der Waals surface area contributed by atoms with Gasteiger partial charge in [0.15, 0.2) is 0 Å². The number of anilines is 1. The van der Waals surface area contributed by atoms with Crippen molar-refractivity contribution in [1.29, 1.82) is 0 Å². The standard InChI is InChI=1S/C21H19Cl2F3N2O2/c22-16-5-4-14(12-15(16)21(24,25)26)27-19(29)28-10-8-20(9-11-28)7-6-13-2-1-3-17(23)18(13)30-20/h1-5,12H,6-11H2,(H,27,29). The van der Waals surface area contributed by atoms with Crippen molar-refractivity contribution in [3.8, 4) is 5.75 Å². The summed E-state index contributed by atoms with van der Waals surface area (Å²) < 4.78 is 45.4. The monoisotopic (exact) mass is 458 g/mol. The van der Waals surface area contributed by atoms with Crippen molar-refractivity contribution in [1.82, 2.24) is 4.90 Å². The van der Waals surface area contributed by atoms with E-state index in [2.05, 4.69) is 5.32 Å². The Morgan fingerprint density at radius 2 is 1.80 bits per heavy atom. The van der Waals surface area contributed by atoms with Crippen LogP contribution in [0.2, 0.25) is 10.0 Å². The lowest BCUT2D eigenvalue weighted by Gasteiger charge is -2.44. The van der Waals surface area contributed by atoms with Crippen LogP contribution in [0.1, 0.15) is 30.4 Å². The number of hydrogen-bond donors (Lipinski definition) is 1. The first-order valence-corrected chi connectivity index (χ1v) is 10.3. The van der Waals surface area contributed by atoms with E-state index in [1.807, 2.05) is 12.1 Å². The van der Waals surface area contributed by atoms with E-state index in [0.717, 1.165) is 30.5 Å². The van der Waals surface area contributed by atoms with Gasteiger partial charge in [0.05, 0.1) is 15.6 Å². The first kappa shape index (κ1) is 21.1. The Hall–Kier alpha value is -2.12. The van der Waals surface area contributed by atoms with Crippen LogP contribution in [0.5, 0.6) is 5.75 Å². The number of para-hydroxylation sites is 1. The maximum absolute atomic E-state index is 13.0. The normalized spacial score (nSPS) is 18.0. The molecule has 0 unspecified atom stereocenters. The van der Waals surface area contributed by atoms with E-state index >= 15 is 0 Å². The number of nitrogens with one attached hydrogen (secondary N) is 1. The minimum absolute atomic E-state index is 0.0478. The number of halogens is 5. The number of carbonyl (C=O) groups excluding carboxylic acids is 1. The summed E-state index contributed by atoms with van der Waals surface area (Å²) >= 11 is 11.9. The summed E-state index contributed by atoms with van der Waals surface area (Å²) in [5.74, 6) is 0.712. The number of piperidine rings is 1. The molecule has 0 atom stereocenters. The number of carbonyl (C=O) groups is 1. The van der Waals surface area contributed by atoms with Gasteiger partial charge in [0, 0.05) is 31.6 Å². The van der Waals surface area contributed by atoms with Gasteiger partial charge in [-0.1, -0.05) is 35.3 Å². The molecule has 9 heteroatoms. The number of benzene rings is 2. The Balaban J connectivity index is 1.40. The first-order chi connectivity index (χ1) is 14.2. The highest BCUT2D eigenvalue weighted by Crippen LogP contribution is 2.43. The van der Waals surface area contributed by atoms with E-state index in [4.69, 9.17) is 27.9 Å². The average molecular weight is 459 g/mol. The second-order valence-electron chi connectivity index (χ2n) is 7.62. The molecule has 160 valence electrons. The van der Waals surface area contributed by atoms with Gasteiger partial charge in [-0.2, -0.15) is 13.2 Å². The number of aryl methyl sites for hydroxylation is 1. The molecule has 4 nitrogen and oxygen atoms in total. The van der Waals surface area contributed by atoms with Gasteiger partial charge < -0.3 is 15.0 Å². The second kappa shape index (κ2) is 7.85. The molecular weight excluding hydrogens is 440 g/mol. The quantitative estimate of drug-likeness (QED) is 0.536. The van der Waals surface area contributed by atoms with E-state index in [1.54, 1.807) is 11.0 Å². The van der Waals surface area contributed by atoms with Gasteiger partial charge in [-0.25, -0.2) is 4.79 Å². The number of likely N-dealkylation sites (tertiary alicyclic amines) is 1. The van der Waals surface area contributed by atoms with Crippen LogP contribution in [0.4, 0.5) is 23.7 Å². The molecule has 2 amide bonds. The zero-order valence-corrected chi connectivity index (χ0v) is 17.4. The molecule has 0 aromatic heterocycles. The number of fused-ring (bicyclic) bond motifs is 1. The zero-order chi connectivity index (χ0) is 21.5. The Kier molecular flexibility index (Phi) is 5.53. The SMILES string of the molecule is O=C(Nc1ccc(Cl)c(C(F)(F)F)c1)N1CCC2(CCc3cccc(Cl)c3O2)CC1. The summed E-state index contributed by atoms with van der Waals surface area (Å²) in [4.78, 5) is 14.2. The minimum Gasteiger partial charge on any atom is -0.485 e. The highest BCUT2D eigenvalue weighted by atomic mass is 35.5. The van der Waals surface area contributed by atoms with Gasteiger partial charge in [-0.05, 0) is 42.7 Å². The molecule has 2 aromatic carbocycles. The van der Waals surface area contributed by atoms with E-state index < -0.39 is 22.8 Å². The molecule has 0 bridgehead atoms. The largest absolute Gasteiger partial charge is 0.485 e. The predicted octanol–water partition coefficient (Wildman–Crippen LogP) is 6.40. The van der Waals surface area contributed by atoms with Crippen LogP contribution in [-0.2, 0) is 12.6 Å². The number of urea groups is 1. The summed E-state index contributed by atoms with van der Waals surface area (Å²) in [6.45, 7) is 0.872. The second-order valence-corrected chi connectivity index (χ2v) is 8.44. The molecule has 2 heterocycles. The number of hydrogen-bond acceptors (Lipinski definition) is 2. The molecule has 0 radical (unpaired) electrons.